The van der Waals surface area contributed by atoms with E-state index >= 15 is 0 Å². The van der Waals surface area contributed by atoms with Gasteiger partial charge >= 0.3 is 5.97 Å². The Morgan fingerprint density at radius 2 is 2.09 bits per heavy atom. The second-order valence-corrected chi connectivity index (χ2v) is 4.79. The first-order valence-corrected chi connectivity index (χ1v) is 7.09. The van der Waals surface area contributed by atoms with Crippen molar-refractivity contribution in [2.24, 2.45) is 0 Å². The van der Waals surface area contributed by atoms with Gasteiger partial charge in [0.1, 0.15) is 0 Å². The molecule has 7 nitrogen and oxygen atoms in total. The van der Waals surface area contributed by atoms with E-state index < -0.39 is 5.97 Å². The number of methoxy groups -OCH3 is 1. The topological polar surface area (TPSA) is 90.3 Å². The Morgan fingerprint density at radius 1 is 1.26 bits per heavy atom. The average molecular weight is 315 g/mol. The van der Waals surface area contributed by atoms with E-state index in [2.05, 4.69) is 15.0 Å². The van der Waals surface area contributed by atoms with E-state index in [0.717, 1.165) is 0 Å². The number of hydrogen-bond donors (Lipinski definition) is 1. The van der Waals surface area contributed by atoms with Gasteiger partial charge in [-0.1, -0.05) is 0 Å². The lowest BCUT2D eigenvalue weighted by atomic mass is 10.2. The Morgan fingerprint density at radius 3 is 2.78 bits per heavy atom. The molecule has 2 heterocycles. The van der Waals surface area contributed by atoms with Crippen LogP contribution in [-0.2, 0) is 11.3 Å². The highest BCUT2D eigenvalue weighted by Crippen LogP contribution is 1.99. The summed E-state index contributed by atoms with van der Waals surface area (Å²) in [7, 11) is 1.28. The van der Waals surface area contributed by atoms with Crippen LogP contribution < -0.4 is 10.9 Å². The molecule has 2 rings (SSSR count). The van der Waals surface area contributed by atoms with E-state index in [1.807, 2.05) is 0 Å². The minimum Gasteiger partial charge on any atom is -0.465 e. The largest absolute Gasteiger partial charge is 0.465 e. The predicted molar refractivity (Wildman–Crippen MR) is 83.2 cm³/mol. The zero-order chi connectivity index (χ0) is 16.7. The van der Waals surface area contributed by atoms with Gasteiger partial charge in [-0.25, -0.2) is 4.79 Å². The summed E-state index contributed by atoms with van der Waals surface area (Å²) >= 11 is 0. The van der Waals surface area contributed by atoms with Crippen LogP contribution in [0.3, 0.4) is 0 Å². The van der Waals surface area contributed by atoms with Crippen LogP contribution in [0.4, 0.5) is 0 Å². The molecule has 0 aromatic carbocycles. The lowest BCUT2D eigenvalue weighted by Crippen LogP contribution is -2.27. The molecule has 7 heteroatoms. The van der Waals surface area contributed by atoms with Crippen molar-refractivity contribution in [3.05, 3.63) is 64.3 Å². The van der Waals surface area contributed by atoms with Crippen molar-refractivity contribution in [3.63, 3.8) is 0 Å². The molecule has 0 atom stereocenters. The van der Waals surface area contributed by atoms with Crippen LogP contribution in [-0.4, -0.2) is 35.1 Å². The van der Waals surface area contributed by atoms with Crippen molar-refractivity contribution >= 4 is 11.9 Å². The van der Waals surface area contributed by atoms with Crippen LogP contribution in [0.2, 0.25) is 0 Å². The third kappa shape index (κ3) is 4.50. The minimum absolute atomic E-state index is 0.212. The number of aryl methyl sites for hydroxylation is 1. The van der Waals surface area contributed by atoms with Crippen LogP contribution in [0, 0.1) is 0 Å². The number of rotatable bonds is 6. The summed E-state index contributed by atoms with van der Waals surface area (Å²) < 4.78 is 6.04. The second kappa shape index (κ2) is 7.88. The summed E-state index contributed by atoms with van der Waals surface area (Å²) in [6.45, 7) is 0.791. The molecule has 0 aliphatic carbocycles. The molecule has 1 amide bonds. The zero-order valence-corrected chi connectivity index (χ0v) is 12.7. The number of carbonyl (C=O) groups is 2. The van der Waals surface area contributed by atoms with Gasteiger partial charge in [0.15, 0.2) is 0 Å². The number of amides is 1. The van der Waals surface area contributed by atoms with Gasteiger partial charge in [-0.15, -0.1) is 0 Å². The lowest BCUT2D eigenvalue weighted by Gasteiger charge is -2.08. The Hall–Kier alpha value is -2.96. The van der Waals surface area contributed by atoms with Gasteiger partial charge in [-0.3, -0.25) is 14.6 Å². The van der Waals surface area contributed by atoms with Gasteiger partial charge in [-0.2, -0.15) is 0 Å². The first-order chi connectivity index (χ1) is 11.1. The van der Waals surface area contributed by atoms with E-state index in [4.69, 9.17) is 0 Å². The third-order valence-corrected chi connectivity index (χ3v) is 3.19. The molecule has 23 heavy (non-hydrogen) atoms. The minimum atomic E-state index is -0.497. The second-order valence-electron chi connectivity index (χ2n) is 4.79. The number of carbonyl (C=O) groups excluding carboxylic acids is 2. The van der Waals surface area contributed by atoms with E-state index in [0.29, 0.717) is 30.6 Å². The first kappa shape index (κ1) is 16.4. The Balaban J connectivity index is 1.88. The maximum absolute atomic E-state index is 11.8. The van der Waals surface area contributed by atoms with E-state index in [1.165, 1.54) is 36.2 Å². The molecule has 0 bridgehead atoms. The summed E-state index contributed by atoms with van der Waals surface area (Å²) in [5, 5.41) is 2.75. The first-order valence-electron chi connectivity index (χ1n) is 7.09. The highest BCUT2D eigenvalue weighted by molar-refractivity contribution is 5.93. The number of pyridine rings is 2. The van der Waals surface area contributed by atoms with Gasteiger partial charge in [0, 0.05) is 37.7 Å². The molecular weight excluding hydrogens is 298 g/mol. The van der Waals surface area contributed by atoms with Gasteiger partial charge < -0.3 is 14.6 Å². The highest BCUT2D eigenvalue weighted by atomic mass is 16.5. The van der Waals surface area contributed by atoms with E-state index in [9.17, 15) is 14.4 Å². The SMILES string of the molecule is COC(=O)c1ccc(=O)n(CCCNC(=O)c2cccnc2)c1. The van der Waals surface area contributed by atoms with Crippen molar-refractivity contribution in [2.45, 2.75) is 13.0 Å². The number of aromatic nitrogens is 2. The molecule has 120 valence electrons. The number of esters is 1. The summed E-state index contributed by atoms with van der Waals surface area (Å²) in [6.07, 6.45) is 5.09. The monoisotopic (exact) mass is 315 g/mol. The summed E-state index contributed by atoms with van der Waals surface area (Å²) in [5.74, 6) is -0.711. The fourth-order valence-corrected chi connectivity index (χ4v) is 2.00. The average Bonchev–Trinajstić information content (AvgIpc) is 2.60. The Labute approximate surface area is 132 Å². The van der Waals surface area contributed by atoms with Gasteiger partial charge in [-0.05, 0) is 24.6 Å². The fourth-order valence-electron chi connectivity index (χ4n) is 2.00. The smallest absolute Gasteiger partial charge is 0.339 e. The van der Waals surface area contributed by atoms with E-state index in [-0.39, 0.29) is 11.5 Å². The molecule has 2 aromatic heterocycles. The third-order valence-electron chi connectivity index (χ3n) is 3.19. The molecule has 0 aliphatic heterocycles. The predicted octanol–water partition coefficient (Wildman–Crippen LogP) is 0.850. The molecule has 0 fully saturated rings. The standard InChI is InChI=1S/C16H17N3O4/c1-23-16(22)13-5-6-14(20)19(11-13)9-3-8-18-15(21)12-4-2-7-17-10-12/h2,4-7,10-11H,3,8-9H2,1H3,(H,18,21). The molecule has 0 radical (unpaired) electrons. The van der Waals surface area contributed by atoms with Crippen LogP contribution >= 0.6 is 0 Å². The summed E-state index contributed by atoms with van der Waals surface area (Å²) in [6, 6.07) is 6.11. The summed E-state index contributed by atoms with van der Waals surface area (Å²) in [4.78, 5) is 38.9. The van der Waals surface area contributed by atoms with Crippen LogP contribution in [0.5, 0.6) is 0 Å². The van der Waals surface area contributed by atoms with Gasteiger partial charge in [0.25, 0.3) is 11.5 Å². The molecule has 0 saturated carbocycles. The molecule has 0 spiro atoms. The Kier molecular flexibility index (Phi) is 5.62. The van der Waals surface area contributed by atoms with Gasteiger partial charge in [0.2, 0.25) is 0 Å². The van der Waals surface area contributed by atoms with Crippen molar-refractivity contribution in [1.82, 2.24) is 14.9 Å². The number of hydrogen-bond acceptors (Lipinski definition) is 5. The molecular formula is C16H17N3O4. The van der Waals surface area contributed by atoms with Crippen molar-refractivity contribution in [3.8, 4) is 0 Å². The number of ether oxygens (including phenoxy) is 1. The Bertz CT molecular complexity index is 740. The molecule has 0 saturated heterocycles. The molecule has 0 unspecified atom stereocenters. The molecule has 1 N–H and O–H groups in total. The van der Waals surface area contributed by atoms with E-state index in [1.54, 1.807) is 18.3 Å². The molecule has 0 aliphatic rings. The van der Waals surface area contributed by atoms with Crippen LogP contribution in [0.25, 0.3) is 0 Å². The number of nitrogens with one attached hydrogen (secondary N) is 1. The lowest BCUT2D eigenvalue weighted by molar-refractivity contribution is 0.0599. The van der Waals surface area contributed by atoms with Gasteiger partial charge in [0.05, 0.1) is 18.2 Å². The van der Waals surface area contributed by atoms with Crippen molar-refractivity contribution < 1.29 is 14.3 Å². The quantitative estimate of drug-likeness (QED) is 0.630. The number of nitrogens with zero attached hydrogens (tertiary/aromatic N) is 2. The van der Waals surface area contributed by atoms with Crippen LogP contribution in [0.1, 0.15) is 27.1 Å². The zero-order valence-electron chi connectivity index (χ0n) is 12.7. The van der Waals surface area contributed by atoms with Crippen LogP contribution in [0.15, 0.2) is 47.7 Å². The van der Waals surface area contributed by atoms with Crippen molar-refractivity contribution in [2.75, 3.05) is 13.7 Å². The normalized spacial score (nSPS) is 10.1. The highest BCUT2D eigenvalue weighted by Gasteiger charge is 2.08. The van der Waals surface area contributed by atoms with Crippen molar-refractivity contribution in [1.29, 1.82) is 0 Å². The molecule has 2 aromatic rings. The fraction of sp³-hybridized carbons (Fsp3) is 0.250. The maximum Gasteiger partial charge on any atom is 0.339 e. The maximum atomic E-state index is 11.8. The summed E-state index contributed by atoms with van der Waals surface area (Å²) in [5.41, 5.74) is 0.583.